The summed E-state index contributed by atoms with van der Waals surface area (Å²) in [5, 5.41) is 0.768. The molecule has 0 aromatic carbocycles. The molecule has 0 saturated carbocycles. The van der Waals surface area contributed by atoms with E-state index >= 15 is 0 Å². The molecule has 1 amide bonds. The van der Waals surface area contributed by atoms with Gasteiger partial charge in [0.1, 0.15) is 5.82 Å². The van der Waals surface area contributed by atoms with E-state index in [-0.39, 0.29) is 17.4 Å². The molecule has 23 heavy (non-hydrogen) atoms. The van der Waals surface area contributed by atoms with E-state index in [0.29, 0.717) is 0 Å². The SMILES string of the molecule is CSc1ncc(Br)c(N2CCCC(N(C)C(=O)C(C)(C)C)C2)n1. The number of anilines is 1. The summed E-state index contributed by atoms with van der Waals surface area (Å²) in [5.41, 5.74) is -0.349. The number of hydrogen-bond acceptors (Lipinski definition) is 5. The highest BCUT2D eigenvalue weighted by Crippen LogP contribution is 2.29. The lowest BCUT2D eigenvalue weighted by Gasteiger charge is -2.40. The Labute approximate surface area is 151 Å². The van der Waals surface area contributed by atoms with Crippen molar-refractivity contribution in [2.24, 2.45) is 5.41 Å². The molecule has 128 valence electrons. The molecule has 5 nitrogen and oxygen atoms in total. The average molecular weight is 401 g/mol. The van der Waals surface area contributed by atoms with Gasteiger partial charge in [-0.1, -0.05) is 32.5 Å². The van der Waals surface area contributed by atoms with Crippen LogP contribution in [0.15, 0.2) is 15.8 Å². The van der Waals surface area contributed by atoms with Gasteiger partial charge in [0.05, 0.1) is 4.47 Å². The molecule has 1 aromatic heterocycles. The quantitative estimate of drug-likeness (QED) is 0.574. The molecule has 1 saturated heterocycles. The first-order valence-electron chi connectivity index (χ1n) is 7.82. The second-order valence-electron chi connectivity index (χ2n) is 6.94. The Morgan fingerprint density at radius 2 is 2.17 bits per heavy atom. The number of carbonyl (C=O) groups excluding carboxylic acids is 1. The molecule has 1 atom stereocenters. The van der Waals surface area contributed by atoms with Crippen LogP contribution in [0.5, 0.6) is 0 Å². The number of nitrogens with zero attached hydrogens (tertiary/aromatic N) is 4. The molecule has 0 N–H and O–H groups in total. The van der Waals surface area contributed by atoms with Gasteiger partial charge >= 0.3 is 0 Å². The fourth-order valence-electron chi connectivity index (χ4n) is 2.82. The van der Waals surface area contributed by atoms with Crippen LogP contribution in [-0.2, 0) is 4.79 Å². The van der Waals surface area contributed by atoms with Gasteiger partial charge in [-0.3, -0.25) is 4.79 Å². The third kappa shape index (κ3) is 4.38. The van der Waals surface area contributed by atoms with Gasteiger partial charge in [-0.15, -0.1) is 0 Å². The molecule has 1 unspecified atom stereocenters. The fourth-order valence-corrected chi connectivity index (χ4v) is 3.60. The fraction of sp³-hybridized carbons (Fsp3) is 0.688. The molecular formula is C16H25BrN4OS. The smallest absolute Gasteiger partial charge is 0.227 e. The van der Waals surface area contributed by atoms with Gasteiger partial charge in [0.15, 0.2) is 5.16 Å². The Morgan fingerprint density at radius 3 is 2.78 bits per heavy atom. The highest BCUT2D eigenvalue weighted by atomic mass is 79.9. The number of likely N-dealkylation sites (N-methyl/N-ethyl adjacent to an activating group) is 1. The number of aromatic nitrogens is 2. The average Bonchev–Trinajstić information content (AvgIpc) is 2.53. The van der Waals surface area contributed by atoms with Gasteiger partial charge in [-0.2, -0.15) is 0 Å². The van der Waals surface area contributed by atoms with Crippen molar-refractivity contribution in [1.82, 2.24) is 14.9 Å². The van der Waals surface area contributed by atoms with Crippen molar-refractivity contribution in [3.8, 4) is 0 Å². The minimum atomic E-state index is -0.349. The third-order valence-corrected chi connectivity index (χ3v) is 5.21. The van der Waals surface area contributed by atoms with Crippen LogP contribution in [0, 0.1) is 5.41 Å². The van der Waals surface area contributed by atoms with Crippen molar-refractivity contribution in [1.29, 1.82) is 0 Å². The molecule has 1 aliphatic heterocycles. The molecule has 0 bridgehead atoms. The molecule has 0 radical (unpaired) electrons. The standard InChI is InChI=1S/C16H25BrN4OS/c1-16(2,3)14(22)20(4)11-7-6-8-21(10-11)13-12(17)9-18-15(19-13)23-5/h9,11H,6-8,10H2,1-5H3. The normalized spacial score (nSPS) is 18.9. The Hall–Kier alpha value is -0.820. The van der Waals surface area contributed by atoms with Crippen LogP contribution in [-0.4, -0.2) is 53.2 Å². The zero-order chi connectivity index (χ0) is 17.2. The first kappa shape index (κ1) is 18.5. The predicted molar refractivity (Wildman–Crippen MR) is 99.0 cm³/mol. The summed E-state index contributed by atoms with van der Waals surface area (Å²) in [6.45, 7) is 7.67. The lowest BCUT2D eigenvalue weighted by atomic mass is 9.93. The van der Waals surface area contributed by atoms with Crippen LogP contribution < -0.4 is 4.90 Å². The molecular weight excluding hydrogens is 376 g/mol. The topological polar surface area (TPSA) is 49.3 Å². The van der Waals surface area contributed by atoms with Crippen molar-refractivity contribution < 1.29 is 4.79 Å². The number of halogens is 1. The zero-order valence-corrected chi connectivity index (χ0v) is 16.9. The number of amides is 1. The molecule has 0 aliphatic carbocycles. The van der Waals surface area contributed by atoms with Gasteiger partial charge in [0.2, 0.25) is 5.91 Å². The summed E-state index contributed by atoms with van der Waals surface area (Å²) in [6, 6.07) is 0.218. The van der Waals surface area contributed by atoms with Crippen LogP contribution in [0.2, 0.25) is 0 Å². The minimum Gasteiger partial charge on any atom is -0.353 e. The van der Waals surface area contributed by atoms with E-state index in [1.807, 2.05) is 45.2 Å². The first-order chi connectivity index (χ1) is 10.7. The number of piperidine rings is 1. The Kier molecular flexibility index (Phi) is 5.94. The molecule has 2 rings (SSSR count). The van der Waals surface area contributed by atoms with Gasteiger partial charge in [0.25, 0.3) is 0 Å². The van der Waals surface area contributed by atoms with Gasteiger partial charge in [-0.05, 0) is 35.0 Å². The van der Waals surface area contributed by atoms with Crippen molar-refractivity contribution in [2.45, 2.75) is 44.8 Å². The van der Waals surface area contributed by atoms with Crippen molar-refractivity contribution >= 4 is 39.4 Å². The lowest BCUT2D eigenvalue weighted by Crippen LogP contribution is -2.51. The number of carbonyl (C=O) groups is 1. The molecule has 0 spiro atoms. The second-order valence-corrected chi connectivity index (χ2v) is 8.56. The van der Waals surface area contributed by atoms with Crippen molar-refractivity contribution in [2.75, 3.05) is 31.3 Å². The summed E-state index contributed by atoms with van der Waals surface area (Å²) in [5.74, 6) is 1.11. The minimum absolute atomic E-state index is 0.191. The van der Waals surface area contributed by atoms with E-state index in [4.69, 9.17) is 0 Å². The van der Waals surface area contributed by atoms with Crippen molar-refractivity contribution in [3.63, 3.8) is 0 Å². The van der Waals surface area contributed by atoms with Gasteiger partial charge in [-0.25, -0.2) is 9.97 Å². The summed E-state index contributed by atoms with van der Waals surface area (Å²) in [4.78, 5) is 25.6. The van der Waals surface area contributed by atoms with E-state index in [1.54, 1.807) is 0 Å². The van der Waals surface area contributed by atoms with Crippen LogP contribution in [0.3, 0.4) is 0 Å². The maximum Gasteiger partial charge on any atom is 0.227 e. The highest BCUT2D eigenvalue weighted by Gasteiger charge is 2.32. The summed E-state index contributed by atoms with van der Waals surface area (Å²) in [6.07, 6.45) is 5.87. The number of thioether (sulfide) groups is 1. The van der Waals surface area contributed by atoms with E-state index in [2.05, 4.69) is 30.8 Å². The van der Waals surface area contributed by atoms with Gasteiger partial charge < -0.3 is 9.80 Å². The molecule has 1 aliphatic rings. The zero-order valence-electron chi connectivity index (χ0n) is 14.5. The van der Waals surface area contributed by atoms with E-state index in [0.717, 1.165) is 41.4 Å². The Bertz CT molecular complexity index is 576. The summed E-state index contributed by atoms with van der Waals surface area (Å²) in [7, 11) is 1.92. The molecule has 1 aromatic rings. The van der Waals surface area contributed by atoms with E-state index in [1.165, 1.54) is 11.8 Å². The third-order valence-electron chi connectivity index (χ3n) is 4.09. The van der Waals surface area contributed by atoms with Crippen LogP contribution in [0.25, 0.3) is 0 Å². The summed E-state index contributed by atoms with van der Waals surface area (Å²) < 4.78 is 0.903. The van der Waals surface area contributed by atoms with Crippen molar-refractivity contribution in [3.05, 3.63) is 10.7 Å². The first-order valence-corrected chi connectivity index (χ1v) is 9.84. The Balaban J connectivity index is 2.17. The van der Waals surface area contributed by atoms with E-state index < -0.39 is 0 Å². The molecule has 7 heteroatoms. The monoisotopic (exact) mass is 400 g/mol. The van der Waals surface area contributed by atoms with Crippen LogP contribution in [0.1, 0.15) is 33.6 Å². The van der Waals surface area contributed by atoms with Crippen LogP contribution >= 0.6 is 27.7 Å². The predicted octanol–water partition coefficient (Wildman–Crippen LogP) is 3.43. The lowest BCUT2D eigenvalue weighted by molar-refractivity contribution is -0.140. The Morgan fingerprint density at radius 1 is 1.48 bits per heavy atom. The summed E-state index contributed by atoms with van der Waals surface area (Å²) >= 11 is 5.09. The maximum absolute atomic E-state index is 12.5. The molecule has 1 fully saturated rings. The number of hydrogen-bond donors (Lipinski definition) is 0. The van der Waals surface area contributed by atoms with Crippen LogP contribution in [0.4, 0.5) is 5.82 Å². The number of rotatable bonds is 3. The molecule has 2 heterocycles. The maximum atomic E-state index is 12.5. The largest absolute Gasteiger partial charge is 0.353 e. The van der Waals surface area contributed by atoms with Gasteiger partial charge in [0, 0.05) is 37.8 Å². The second kappa shape index (κ2) is 7.38. The van der Waals surface area contributed by atoms with E-state index in [9.17, 15) is 4.79 Å². The highest BCUT2D eigenvalue weighted by molar-refractivity contribution is 9.10.